The summed E-state index contributed by atoms with van der Waals surface area (Å²) in [6.07, 6.45) is 0. The first kappa shape index (κ1) is 12.6. The third kappa shape index (κ3) is 2.68. The maximum absolute atomic E-state index is 13.6. The van der Waals surface area contributed by atoms with Gasteiger partial charge in [0, 0.05) is 11.3 Å². The van der Waals surface area contributed by atoms with E-state index in [2.05, 4.69) is 0 Å². The van der Waals surface area contributed by atoms with Crippen molar-refractivity contribution in [2.45, 2.75) is 10.6 Å². The largest absolute Gasteiger partial charge is 0.399 e. The molecule has 0 saturated heterocycles. The van der Waals surface area contributed by atoms with Crippen molar-refractivity contribution in [1.29, 1.82) is 0 Å². The topological polar surface area (TPSA) is 60.2 Å². The maximum atomic E-state index is 13.6. The molecule has 0 heterocycles. The lowest BCUT2D eigenvalue weighted by Crippen LogP contribution is -2.06. The number of anilines is 1. The molecule has 2 N–H and O–H groups in total. The number of hydrogen-bond donors (Lipinski definition) is 1. The third-order valence-electron chi connectivity index (χ3n) is 2.52. The van der Waals surface area contributed by atoms with E-state index in [1.165, 1.54) is 24.3 Å². The number of nitrogens with two attached hydrogens (primary N) is 1. The molecule has 0 atom stereocenters. The lowest BCUT2D eigenvalue weighted by Gasteiger charge is -2.06. The molecule has 5 heteroatoms. The molecule has 18 heavy (non-hydrogen) atoms. The van der Waals surface area contributed by atoms with Crippen LogP contribution in [0.25, 0.3) is 0 Å². The van der Waals surface area contributed by atoms with Crippen LogP contribution < -0.4 is 5.73 Å². The minimum absolute atomic E-state index is 0.119. The molecule has 2 rings (SSSR count). The highest BCUT2D eigenvalue weighted by Gasteiger charge is 2.17. The molecule has 0 unspecified atom stereocenters. The summed E-state index contributed by atoms with van der Waals surface area (Å²) in [6.45, 7) is 0. The zero-order valence-electron chi connectivity index (χ0n) is 9.51. The quantitative estimate of drug-likeness (QED) is 0.867. The van der Waals surface area contributed by atoms with Crippen LogP contribution in [0.5, 0.6) is 0 Å². The monoisotopic (exact) mass is 265 g/mol. The van der Waals surface area contributed by atoms with Gasteiger partial charge in [0.15, 0.2) is 9.84 Å². The Bertz CT molecular complexity index is 654. The van der Waals surface area contributed by atoms with E-state index in [0.29, 0.717) is 0 Å². The van der Waals surface area contributed by atoms with Crippen molar-refractivity contribution in [3.8, 4) is 0 Å². The standard InChI is InChI=1S/C13H12FNO2S/c14-13-8-11(15)7-6-10(13)9-18(16,17)12-4-2-1-3-5-12/h1-8H,9,15H2. The molecule has 0 saturated carbocycles. The van der Waals surface area contributed by atoms with Gasteiger partial charge in [-0.2, -0.15) is 0 Å². The van der Waals surface area contributed by atoms with Crippen LogP contribution >= 0.6 is 0 Å². The van der Waals surface area contributed by atoms with Gasteiger partial charge in [0.2, 0.25) is 0 Å². The predicted molar refractivity (Wildman–Crippen MR) is 68.1 cm³/mol. The predicted octanol–water partition coefficient (Wildman–Crippen LogP) is 2.38. The summed E-state index contributed by atoms with van der Waals surface area (Å²) in [4.78, 5) is 0.182. The van der Waals surface area contributed by atoms with Crippen LogP contribution in [0, 0.1) is 5.82 Å². The Labute approximate surface area is 105 Å². The van der Waals surface area contributed by atoms with E-state index in [4.69, 9.17) is 5.73 Å². The number of rotatable bonds is 3. The molecule has 0 aliphatic rings. The molecule has 0 fully saturated rings. The van der Waals surface area contributed by atoms with E-state index >= 15 is 0 Å². The van der Waals surface area contributed by atoms with Crippen LogP contribution in [0.2, 0.25) is 0 Å². The van der Waals surface area contributed by atoms with Crippen LogP contribution in [0.3, 0.4) is 0 Å². The highest BCUT2D eigenvalue weighted by atomic mass is 32.2. The van der Waals surface area contributed by atoms with E-state index in [1.54, 1.807) is 18.2 Å². The third-order valence-corrected chi connectivity index (χ3v) is 4.21. The van der Waals surface area contributed by atoms with Gasteiger partial charge >= 0.3 is 0 Å². The summed E-state index contributed by atoms with van der Waals surface area (Å²) in [5, 5.41) is 0. The molecule has 2 aromatic rings. The number of sulfone groups is 1. The van der Waals surface area contributed by atoms with E-state index in [9.17, 15) is 12.8 Å². The average Bonchev–Trinajstić information content (AvgIpc) is 2.34. The molecule has 0 aromatic heterocycles. The second-order valence-electron chi connectivity index (χ2n) is 3.92. The lowest BCUT2D eigenvalue weighted by atomic mass is 10.2. The molecule has 0 aliphatic heterocycles. The highest BCUT2D eigenvalue weighted by molar-refractivity contribution is 7.90. The Morgan fingerprint density at radius 1 is 1.06 bits per heavy atom. The molecule has 0 amide bonds. The molecule has 0 bridgehead atoms. The summed E-state index contributed by atoms with van der Waals surface area (Å²) < 4.78 is 37.6. The van der Waals surface area contributed by atoms with Crippen LogP contribution in [0.15, 0.2) is 53.4 Å². The zero-order valence-corrected chi connectivity index (χ0v) is 10.3. The van der Waals surface area contributed by atoms with Crippen LogP contribution in [0.4, 0.5) is 10.1 Å². The maximum Gasteiger partial charge on any atom is 0.182 e. The second kappa shape index (κ2) is 4.78. The van der Waals surface area contributed by atoms with Crippen LogP contribution in [-0.4, -0.2) is 8.42 Å². The summed E-state index contributed by atoms with van der Waals surface area (Å²) >= 11 is 0. The fourth-order valence-corrected chi connectivity index (χ4v) is 2.98. The first-order valence-corrected chi connectivity index (χ1v) is 6.96. The minimum Gasteiger partial charge on any atom is -0.399 e. The van der Waals surface area contributed by atoms with E-state index in [0.717, 1.165) is 6.07 Å². The van der Waals surface area contributed by atoms with Gasteiger partial charge in [0.25, 0.3) is 0 Å². The summed E-state index contributed by atoms with van der Waals surface area (Å²) in [5.74, 6) is -0.974. The average molecular weight is 265 g/mol. The molecule has 2 aromatic carbocycles. The fraction of sp³-hybridized carbons (Fsp3) is 0.0769. The van der Waals surface area contributed by atoms with Crippen LogP contribution in [0.1, 0.15) is 5.56 Å². The summed E-state index contributed by atoms with van der Waals surface area (Å²) in [5.41, 5.74) is 5.80. The lowest BCUT2D eigenvalue weighted by molar-refractivity contribution is 0.587. The first-order valence-electron chi connectivity index (χ1n) is 5.31. The first-order chi connectivity index (χ1) is 8.49. The van der Waals surface area contributed by atoms with E-state index < -0.39 is 15.7 Å². The highest BCUT2D eigenvalue weighted by Crippen LogP contribution is 2.19. The SMILES string of the molecule is Nc1ccc(CS(=O)(=O)c2ccccc2)c(F)c1. The molecule has 0 spiro atoms. The molecule has 94 valence electrons. The van der Waals surface area contributed by atoms with Crippen molar-refractivity contribution in [3.05, 3.63) is 59.9 Å². The van der Waals surface area contributed by atoms with Crippen molar-refractivity contribution in [2.75, 3.05) is 5.73 Å². The van der Waals surface area contributed by atoms with Gasteiger partial charge in [-0.25, -0.2) is 12.8 Å². The zero-order chi connectivity index (χ0) is 13.2. The second-order valence-corrected chi connectivity index (χ2v) is 5.91. The van der Waals surface area contributed by atoms with E-state index in [1.807, 2.05) is 0 Å². The summed E-state index contributed by atoms with van der Waals surface area (Å²) in [6, 6.07) is 12.0. The Morgan fingerprint density at radius 2 is 1.72 bits per heavy atom. The molecule has 0 aliphatic carbocycles. The molecule has 3 nitrogen and oxygen atoms in total. The van der Waals surface area contributed by atoms with Gasteiger partial charge in [-0.3, -0.25) is 0 Å². The van der Waals surface area contributed by atoms with Crippen molar-refractivity contribution >= 4 is 15.5 Å². The normalized spacial score (nSPS) is 11.4. The van der Waals surface area contributed by atoms with Crippen molar-refractivity contribution < 1.29 is 12.8 Å². The Balaban J connectivity index is 2.34. The minimum atomic E-state index is -3.53. The van der Waals surface area contributed by atoms with Gasteiger partial charge in [-0.1, -0.05) is 24.3 Å². The van der Waals surface area contributed by atoms with Gasteiger partial charge < -0.3 is 5.73 Å². The number of benzene rings is 2. The van der Waals surface area contributed by atoms with Crippen molar-refractivity contribution in [3.63, 3.8) is 0 Å². The Morgan fingerprint density at radius 3 is 2.33 bits per heavy atom. The van der Waals surface area contributed by atoms with Gasteiger partial charge in [-0.15, -0.1) is 0 Å². The molecular weight excluding hydrogens is 253 g/mol. The van der Waals surface area contributed by atoms with Gasteiger partial charge in [0.1, 0.15) is 5.82 Å². The van der Waals surface area contributed by atoms with Gasteiger partial charge in [0.05, 0.1) is 10.6 Å². The Kier molecular flexibility index (Phi) is 3.34. The number of nitrogen functional groups attached to an aromatic ring is 1. The van der Waals surface area contributed by atoms with Gasteiger partial charge in [-0.05, 0) is 24.3 Å². The Hall–Kier alpha value is -1.88. The summed E-state index contributed by atoms with van der Waals surface area (Å²) in [7, 11) is -3.53. The van der Waals surface area contributed by atoms with Crippen molar-refractivity contribution in [2.24, 2.45) is 0 Å². The smallest absolute Gasteiger partial charge is 0.182 e. The molecule has 0 radical (unpaired) electrons. The van der Waals surface area contributed by atoms with Crippen molar-refractivity contribution in [1.82, 2.24) is 0 Å². The van der Waals surface area contributed by atoms with Crippen LogP contribution in [-0.2, 0) is 15.6 Å². The fourth-order valence-electron chi connectivity index (χ4n) is 1.60. The number of hydrogen-bond acceptors (Lipinski definition) is 3. The molecular formula is C13H12FNO2S. The number of halogens is 1. The van der Waals surface area contributed by atoms with E-state index in [-0.39, 0.29) is 21.9 Å².